The minimum Gasteiger partial charge on any atom is -0.383 e. The van der Waals surface area contributed by atoms with E-state index in [1.165, 1.54) is 12.3 Å². The summed E-state index contributed by atoms with van der Waals surface area (Å²) < 4.78 is 19.0. The number of halogens is 1. The highest BCUT2D eigenvalue weighted by Crippen LogP contribution is 2.15. The van der Waals surface area contributed by atoms with E-state index in [0.717, 1.165) is 6.42 Å². The zero-order valence-electron chi connectivity index (χ0n) is 11.5. The van der Waals surface area contributed by atoms with Crippen LogP contribution in [0.4, 0.5) is 10.2 Å². The Hall–Kier alpha value is -1.69. The van der Waals surface area contributed by atoms with Gasteiger partial charge in [0.15, 0.2) is 11.6 Å². The van der Waals surface area contributed by atoms with Gasteiger partial charge in [0.05, 0.1) is 12.2 Å². The van der Waals surface area contributed by atoms with E-state index >= 15 is 0 Å². The molecule has 0 saturated heterocycles. The van der Waals surface area contributed by atoms with Crippen LogP contribution in [0, 0.1) is 5.82 Å². The van der Waals surface area contributed by atoms with Gasteiger partial charge in [-0.1, -0.05) is 6.92 Å². The van der Waals surface area contributed by atoms with Crippen molar-refractivity contribution in [2.24, 2.45) is 0 Å². The van der Waals surface area contributed by atoms with E-state index in [0.29, 0.717) is 13.2 Å². The van der Waals surface area contributed by atoms with Gasteiger partial charge in [-0.15, -0.1) is 0 Å². The molecule has 1 unspecified atom stereocenters. The van der Waals surface area contributed by atoms with Crippen LogP contribution in [-0.2, 0) is 4.74 Å². The van der Waals surface area contributed by atoms with Crippen molar-refractivity contribution in [3.63, 3.8) is 0 Å². The molecule has 1 atom stereocenters. The quantitative estimate of drug-likeness (QED) is 0.792. The van der Waals surface area contributed by atoms with Crippen molar-refractivity contribution in [2.45, 2.75) is 26.3 Å². The van der Waals surface area contributed by atoms with Crippen LogP contribution in [0.1, 0.15) is 30.6 Å². The molecule has 0 bridgehead atoms. The van der Waals surface area contributed by atoms with E-state index in [-0.39, 0.29) is 17.4 Å². The van der Waals surface area contributed by atoms with Gasteiger partial charge in [0.25, 0.3) is 5.91 Å². The number of ether oxygens (including phenoxy) is 1. The molecule has 2 N–H and O–H groups in total. The molecule has 0 aliphatic carbocycles. The summed E-state index contributed by atoms with van der Waals surface area (Å²) in [6.07, 6.45) is 2.26. The fourth-order valence-electron chi connectivity index (χ4n) is 1.58. The first-order valence-corrected chi connectivity index (χ1v) is 6.28. The van der Waals surface area contributed by atoms with E-state index in [9.17, 15) is 9.18 Å². The van der Waals surface area contributed by atoms with Crippen molar-refractivity contribution in [3.05, 3.63) is 23.6 Å². The number of hydrogen-bond acceptors (Lipinski definition) is 4. The van der Waals surface area contributed by atoms with Gasteiger partial charge in [-0.2, -0.15) is 0 Å². The highest BCUT2D eigenvalue weighted by molar-refractivity contribution is 5.95. The molecule has 106 valence electrons. The summed E-state index contributed by atoms with van der Waals surface area (Å²) >= 11 is 0. The van der Waals surface area contributed by atoms with Gasteiger partial charge in [-0.05, 0) is 19.4 Å². The van der Waals surface area contributed by atoms with Crippen LogP contribution in [0.5, 0.6) is 0 Å². The van der Waals surface area contributed by atoms with E-state index in [2.05, 4.69) is 15.6 Å². The lowest BCUT2D eigenvalue weighted by atomic mass is 10.2. The zero-order chi connectivity index (χ0) is 14.3. The van der Waals surface area contributed by atoms with Gasteiger partial charge in [0, 0.05) is 25.9 Å². The monoisotopic (exact) mass is 269 g/mol. The second kappa shape index (κ2) is 7.68. The molecule has 0 aromatic carbocycles. The fourth-order valence-corrected chi connectivity index (χ4v) is 1.58. The first-order chi connectivity index (χ1) is 9.10. The van der Waals surface area contributed by atoms with E-state index in [1.807, 2.05) is 6.92 Å². The Morgan fingerprint density at radius 1 is 1.58 bits per heavy atom. The summed E-state index contributed by atoms with van der Waals surface area (Å²) in [4.78, 5) is 15.8. The summed E-state index contributed by atoms with van der Waals surface area (Å²) in [6.45, 7) is 4.74. The van der Waals surface area contributed by atoms with Gasteiger partial charge in [-0.25, -0.2) is 9.37 Å². The predicted molar refractivity (Wildman–Crippen MR) is 71.8 cm³/mol. The average molecular weight is 269 g/mol. The smallest absolute Gasteiger partial charge is 0.254 e. The molecule has 1 aromatic rings. The standard InChI is InChI=1S/C13H20FN3O2/c1-4-6-15-12-11(14)10(5-7-16-12)13(18)17-9(2)8-19-3/h5,7,9H,4,6,8H2,1-3H3,(H,15,16)(H,17,18). The number of pyridine rings is 1. The molecular weight excluding hydrogens is 249 g/mol. The summed E-state index contributed by atoms with van der Waals surface area (Å²) in [5.41, 5.74) is -0.0171. The zero-order valence-corrected chi connectivity index (χ0v) is 11.5. The number of methoxy groups -OCH3 is 1. The van der Waals surface area contributed by atoms with E-state index in [1.54, 1.807) is 14.0 Å². The molecule has 1 rings (SSSR count). The molecule has 0 spiro atoms. The lowest BCUT2D eigenvalue weighted by Gasteiger charge is -2.14. The molecule has 0 aliphatic rings. The number of aromatic nitrogens is 1. The van der Waals surface area contributed by atoms with Crippen molar-refractivity contribution < 1.29 is 13.9 Å². The number of hydrogen-bond donors (Lipinski definition) is 2. The minimum absolute atomic E-state index is 0.0171. The topological polar surface area (TPSA) is 63.2 Å². The Kier molecular flexibility index (Phi) is 6.21. The Morgan fingerprint density at radius 2 is 2.32 bits per heavy atom. The third-order valence-corrected chi connectivity index (χ3v) is 2.47. The van der Waals surface area contributed by atoms with Crippen LogP contribution in [0.2, 0.25) is 0 Å². The van der Waals surface area contributed by atoms with Crippen molar-refractivity contribution in [2.75, 3.05) is 25.6 Å². The molecule has 0 saturated carbocycles. The second-order valence-electron chi connectivity index (χ2n) is 4.28. The maximum Gasteiger partial charge on any atom is 0.254 e. The van der Waals surface area contributed by atoms with Crippen molar-refractivity contribution >= 4 is 11.7 Å². The number of amides is 1. The average Bonchev–Trinajstić information content (AvgIpc) is 2.37. The van der Waals surface area contributed by atoms with Crippen LogP contribution in [0.3, 0.4) is 0 Å². The number of carbonyl (C=O) groups excluding carboxylic acids is 1. The Bertz CT molecular complexity index is 426. The summed E-state index contributed by atoms with van der Waals surface area (Å²) in [7, 11) is 1.54. The highest BCUT2D eigenvalue weighted by Gasteiger charge is 2.17. The third-order valence-electron chi connectivity index (χ3n) is 2.47. The lowest BCUT2D eigenvalue weighted by molar-refractivity contribution is 0.0901. The first kappa shape index (κ1) is 15.4. The van der Waals surface area contributed by atoms with Gasteiger partial charge in [-0.3, -0.25) is 4.79 Å². The first-order valence-electron chi connectivity index (χ1n) is 6.28. The van der Waals surface area contributed by atoms with Gasteiger partial charge < -0.3 is 15.4 Å². The molecule has 0 aliphatic heterocycles. The Balaban J connectivity index is 2.79. The van der Waals surface area contributed by atoms with Gasteiger partial charge in [0.2, 0.25) is 0 Å². The predicted octanol–water partition coefficient (Wildman–Crippen LogP) is 1.81. The summed E-state index contributed by atoms with van der Waals surface area (Å²) in [6, 6.07) is 1.18. The summed E-state index contributed by atoms with van der Waals surface area (Å²) in [5, 5.41) is 5.51. The molecule has 0 radical (unpaired) electrons. The van der Waals surface area contributed by atoms with Crippen molar-refractivity contribution in [3.8, 4) is 0 Å². The Labute approximate surface area is 112 Å². The molecule has 0 fully saturated rings. The van der Waals surface area contributed by atoms with Gasteiger partial charge in [0.1, 0.15) is 0 Å². The number of nitrogens with zero attached hydrogens (tertiary/aromatic N) is 1. The van der Waals surface area contributed by atoms with Crippen molar-refractivity contribution in [1.29, 1.82) is 0 Å². The normalized spacial score (nSPS) is 12.0. The van der Waals surface area contributed by atoms with E-state index in [4.69, 9.17) is 4.74 Å². The SMILES string of the molecule is CCCNc1nccc(C(=O)NC(C)COC)c1F. The molecular formula is C13H20FN3O2. The third kappa shape index (κ3) is 4.48. The highest BCUT2D eigenvalue weighted by atomic mass is 19.1. The number of anilines is 1. The molecule has 19 heavy (non-hydrogen) atoms. The van der Waals surface area contributed by atoms with Crippen molar-refractivity contribution in [1.82, 2.24) is 10.3 Å². The maximum atomic E-state index is 14.1. The van der Waals surface area contributed by atoms with Crippen LogP contribution in [0.15, 0.2) is 12.3 Å². The minimum atomic E-state index is -0.627. The maximum absolute atomic E-state index is 14.1. The van der Waals surface area contributed by atoms with E-state index < -0.39 is 11.7 Å². The molecule has 5 nitrogen and oxygen atoms in total. The van der Waals surface area contributed by atoms with Crippen LogP contribution >= 0.6 is 0 Å². The number of rotatable bonds is 7. The van der Waals surface area contributed by atoms with Crippen LogP contribution in [-0.4, -0.2) is 37.2 Å². The second-order valence-corrected chi connectivity index (χ2v) is 4.28. The molecule has 1 amide bonds. The molecule has 6 heteroatoms. The number of nitrogens with one attached hydrogen (secondary N) is 2. The summed E-state index contributed by atoms with van der Waals surface area (Å²) in [5.74, 6) is -0.990. The molecule has 1 aromatic heterocycles. The fraction of sp³-hybridized carbons (Fsp3) is 0.538. The largest absolute Gasteiger partial charge is 0.383 e. The number of carbonyl (C=O) groups is 1. The molecule has 1 heterocycles. The lowest BCUT2D eigenvalue weighted by Crippen LogP contribution is -2.36. The van der Waals surface area contributed by atoms with Crippen LogP contribution < -0.4 is 10.6 Å². The van der Waals surface area contributed by atoms with Crippen LogP contribution in [0.25, 0.3) is 0 Å². The van der Waals surface area contributed by atoms with Gasteiger partial charge >= 0.3 is 0 Å². The Morgan fingerprint density at radius 3 is 2.95 bits per heavy atom.